The molecule has 3 nitrogen and oxygen atoms in total. The first-order valence-electron chi connectivity index (χ1n) is 18.4. The average Bonchev–Trinajstić information content (AvgIpc) is 3.81. The molecule has 0 fully saturated rings. The van der Waals surface area contributed by atoms with Gasteiger partial charge in [-0.05, 0) is 75.7 Å². The number of hydrogen-bond acceptors (Lipinski definition) is 2. The lowest BCUT2D eigenvalue weighted by atomic mass is 9.81. The molecule has 2 aromatic heterocycles. The highest BCUT2D eigenvalue weighted by atomic mass is 16.3. The van der Waals surface area contributed by atoms with Crippen LogP contribution in [-0.2, 0) is 12.5 Å². The van der Waals surface area contributed by atoms with Crippen LogP contribution in [0.15, 0.2) is 168 Å². The van der Waals surface area contributed by atoms with E-state index in [-0.39, 0.29) is 5.41 Å². The van der Waals surface area contributed by atoms with Crippen LogP contribution >= 0.6 is 0 Å². The molecule has 10 aromatic rings. The van der Waals surface area contributed by atoms with Crippen LogP contribution in [0.3, 0.4) is 0 Å². The van der Waals surface area contributed by atoms with E-state index in [9.17, 15) is 0 Å². The van der Waals surface area contributed by atoms with Gasteiger partial charge >= 0.3 is 0 Å². The van der Waals surface area contributed by atoms with E-state index in [1.165, 1.54) is 66.1 Å². The van der Waals surface area contributed by atoms with Crippen molar-refractivity contribution in [2.75, 3.05) is 4.90 Å². The molecule has 0 atom stereocenters. The number of benzene rings is 8. The van der Waals surface area contributed by atoms with E-state index < -0.39 is 0 Å². The second kappa shape index (κ2) is 11.0. The fourth-order valence-electron chi connectivity index (χ4n) is 9.27. The highest BCUT2D eigenvalue weighted by Gasteiger charge is 2.38. The number of anilines is 3. The molecule has 0 unspecified atom stereocenters. The van der Waals surface area contributed by atoms with Gasteiger partial charge in [-0.3, -0.25) is 0 Å². The van der Waals surface area contributed by atoms with Crippen molar-refractivity contribution in [2.45, 2.75) is 19.3 Å². The summed E-state index contributed by atoms with van der Waals surface area (Å²) >= 11 is 0. The fourth-order valence-corrected chi connectivity index (χ4v) is 9.27. The van der Waals surface area contributed by atoms with E-state index in [0.717, 1.165) is 38.9 Å². The maximum atomic E-state index is 6.51. The first-order chi connectivity index (χ1) is 26.0. The van der Waals surface area contributed by atoms with E-state index >= 15 is 0 Å². The molecule has 0 saturated carbocycles. The van der Waals surface area contributed by atoms with Gasteiger partial charge in [0.1, 0.15) is 11.2 Å². The van der Waals surface area contributed by atoms with Crippen LogP contribution in [0.4, 0.5) is 17.1 Å². The maximum absolute atomic E-state index is 6.51. The van der Waals surface area contributed by atoms with Crippen LogP contribution in [0.25, 0.3) is 76.8 Å². The van der Waals surface area contributed by atoms with E-state index in [4.69, 9.17) is 4.42 Å². The van der Waals surface area contributed by atoms with Gasteiger partial charge in [-0.25, -0.2) is 0 Å². The Morgan fingerprint density at radius 1 is 0.509 bits per heavy atom. The second-order valence-electron chi connectivity index (χ2n) is 15.0. The molecule has 1 aliphatic rings. The van der Waals surface area contributed by atoms with Crippen molar-refractivity contribution in [2.24, 2.45) is 7.05 Å². The SMILES string of the molecule is Cn1c2ccccc2c2cccc(N(c3ccccc3)c3cc4c(c5ccccc35)-c3ccc(-c5cccc6c5oc5ccccc56)cc3C4(C)C)c21. The summed E-state index contributed by atoms with van der Waals surface area (Å²) in [5.41, 5.74) is 15.1. The fraction of sp³-hybridized carbons (Fsp3) is 0.0800. The monoisotopic (exact) mass is 680 g/mol. The second-order valence-corrected chi connectivity index (χ2v) is 15.0. The van der Waals surface area contributed by atoms with Gasteiger partial charge in [0.25, 0.3) is 0 Å². The third kappa shape index (κ3) is 4.16. The lowest BCUT2D eigenvalue weighted by molar-refractivity contribution is 0.660. The normalized spacial score (nSPS) is 13.3. The van der Waals surface area contributed by atoms with Crippen LogP contribution in [-0.4, -0.2) is 4.57 Å². The van der Waals surface area contributed by atoms with Gasteiger partial charge in [-0.1, -0.05) is 135 Å². The van der Waals surface area contributed by atoms with Crippen molar-refractivity contribution in [3.8, 4) is 22.3 Å². The topological polar surface area (TPSA) is 21.3 Å². The van der Waals surface area contributed by atoms with Crippen molar-refractivity contribution in [3.63, 3.8) is 0 Å². The molecule has 8 aromatic carbocycles. The molecule has 2 heterocycles. The zero-order valence-corrected chi connectivity index (χ0v) is 29.9. The standard InChI is InChI=1S/C50H36N2O/c1-50(2)41-29-31(33-21-13-23-39-36-19-10-12-26-46(36)53-49(33)39)27-28-40(41)47-37-20-8-7-17-34(37)45(30-42(47)50)52(32-15-5-4-6-16-32)44-25-14-22-38-35-18-9-11-24-43(35)51(3)48(38)44/h4-30H,1-3H3. The van der Waals surface area contributed by atoms with Crippen molar-refractivity contribution < 1.29 is 4.42 Å². The number of furan rings is 1. The Kier molecular flexibility index (Phi) is 6.22. The predicted molar refractivity (Wildman–Crippen MR) is 223 cm³/mol. The van der Waals surface area contributed by atoms with E-state index in [2.05, 4.69) is 188 Å². The Morgan fingerprint density at radius 2 is 1.19 bits per heavy atom. The molecule has 0 saturated heterocycles. The number of nitrogens with zero attached hydrogens (tertiary/aromatic N) is 2. The van der Waals surface area contributed by atoms with Crippen LogP contribution < -0.4 is 4.90 Å². The molecule has 11 rings (SSSR count). The molecule has 3 heteroatoms. The summed E-state index contributed by atoms with van der Waals surface area (Å²) in [5, 5.41) is 7.32. The maximum Gasteiger partial charge on any atom is 0.143 e. The molecule has 0 N–H and O–H groups in total. The molecular formula is C50H36N2O. The summed E-state index contributed by atoms with van der Waals surface area (Å²) in [6.07, 6.45) is 0. The summed E-state index contributed by atoms with van der Waals surface area (Å²) in [5.74, 6) is 0. The van der Waals surface area contributed by atoms with Crippen molar-refractivity contribution in [3.05, 3.63) is 175 Å². The molecule has 0 radical (unpaired) electrons. The number of hydrogen-bond donors (Lipinski definition) is 0. The molecular weight excluding hydrogens is 645 g/mol. The summed E-state index contributed by atoms with van der Waals surface area (Å²) in [4.78, 5) is 2.48. The van der Waals surface area contributed by atoms with Crippen molar-refractivity contribution >= 4 is 71.6 Å². The van der Waals surface area contributed by atoms with Crippen LogP contribution in [0.1, 0.15) is 25.0 Å². The minimum atomic E-state index is -0.255. The third-order valence-corrected chi connectivity index (χ3v) is 11.8. The van der Waals surface area contributed by atoms with Gasteiger partial charge < -0.3 is 13.9 Å². The molecule has 0 spiro atoms. The predicted octanol–water partition coefficient (Wildman–Crippen LogP) is 13.8. The number of fused-ring (bicyclic) bond motifs is 11. The first kappa shape index (κ1) is 30.1. The zero-order valence-electron chi connectivity index (χ0n) is 29.9. The minimum absolute atomic E-state index is 0.255. The molecule has 1 aliphatic carbocycles. The zero-order chi connectivity index (χ0) is 35.4. The smallest absolute Gasteiger partial charge is 0.143 e. The highest BCUT2D eigenvalue weighted by Crippen LogP contribution is 2.56. The number of para-hydroxylation sites is 5. The minimum Gasteiger partial charge on any atom is -0.455 e. The number of aromatic nitrogens is 1. The van der Waals surface area contributed by atoms with E-state index in [1.54, 1.807) is 0 Å². The van der Waals surface area contributed by atoms with Crippen LogP contribution in [0, 0.1) is 0 Å². The highest BCUT2D eigenvalue weighted by molar-refractivity contribution is 6.16. The Bertz CT molecular complexity index is 3110. The molecule has 0 aliphatic heterocycles. The van der Waals surface area contributed by atoms with Gasteiger partial charge in [0, 0.05) is 56.2 Å². The molecule has 0 bridgehead atoms. The Morgan fingerprint density at radius 3 is 2.04 bits per heavy atom. The third-order valence-electron chi connectivity index (χ3n) is 11.8. The van der Waals surface area contributed by atoms with Gasteiger partial charge in [0.05, 0.1) is 16.9 Å². The average molecular weight is 681 g/mol. The number of rotatable bonds is 4. The van der Waals surface area contributed by atoms with Crippen LogP contribution in [0.5, 0.6) is 0 Å². The van der Waals surface area contributed by atoms with E-state index in [0.29, 0.717) is 0 Å². The summed E-state index contributed by atoms with van der Waals surface area (Å²) in [6, 6.07) is 59.7. The van der Waals surface area contributed by atoms with Gasteiger partial charge in [-0.2, -0.15) is 0 Å². The summed E-state index contributed by atoms with van der Waals surface area (Å²) in [7, 11) is 2.20. The van der Waals surface area contributed by atoms with Gasteiger partial charge in [0.15, 0.2) is 0 Å². The van der Waals surface area contributed by atoms with E-state index in [1.807, 2.05) is 6.07 Å². The van der Waals surface area contributed by atoms with Gasteiger partial charge in [-0.15, -0.1) is 0 Å². The molecule has 53 heavy (non-hydrogen) atoms. The Balaban J connectivity index is 1.16. The largest absolute Gasteiger partial charge is 0.455 e. The Labute approximate surface area is 307 Å². The lowest BCUT2D eigenvalue weighted by Gasteiger charge is -2.30. The Hall–Kier alpha value is -6.58. The van der Waals surface area contributed by atoms with Crippen LogP contribution in [0.2, 0.25) is 0 Å². The quantitative estimate of drug-likeness (QED) is 0.184. The summed E-state index contributed by atoms with van der Waals surface area (Å²) < 4.78 is 8.86. The van der Waals surface area contributed by atoms with Crippen molar-refractivity contribution in [1.82, 2.24) is 4.57 Å². The molecule has 0 amide bonds. The first-order valence-corrected chi connectivity index (χ1v) is 18.4. The van der Waals surface area contributed by atoms with Crippen molar-refractivity contribution in [1.29, 1.82) is 0 Å². The van der Waals surface area contributed by atoms with Gasteiger partial charge in [0.2, 0.25) is 0 Å². The molecule has 252 valence electrons. The summed E-state index contributed by atoms with van der Waals surface area (Å²) in [6.45, 7) is 4.78. The lowest BCUT2D eigenvalue weighted by Crippen LogP contribution is -2.17. The number of aryl methyl sites for hydroxylation is 1.